The molecule has 2 aliphatic heterocycles. The van der Waals surface area contributed by atoms with E-state index in [9.17, 15) is 9.59 Å². The molecular weight excluding hydrogens is 370 g/mol. The number of nitrogens with zero attached hydrogens (tertiary/aromatic N) is 5. The van der Waals surface area contributed by atoms with Gasteiger partial charge in [0.1, 0.15) is 5.60 Å². The average Bonchev–Trinajstić information content (AvgIpc) is 3.32. The fraction of sp³-hybridized carbons (Fsp3) is 0.524. The van der Waals surface area contributed by atoms with Gasteiger partial charge in [-0.25, -0.2) is 4.79 Å². The third-order valence-electron chi connectivity index (χ3n) is 5.27. The van der Waals surface area contributed by atoms with Gasteiger partial charge in [-0.3, -0.25) is 9.69 Å². The molecule has 0 radical (unpaired) electrons. The molecule has 1 fully saturated rings. The first-order valence-corrected chi connectivity index (χ1v) is 10.1. The number of fused-ring (bicyclic) bond motifs is 1. The quantitative estimate of drug-likeness (QED) is 0.778. The highest BCUT2D eigenvalue weighted by molar-refractivity contribution is 5.94. The fourth-order valence-corrected chi connectivity index (χ4v) is 3.93. The van der Waals surface area contributed by atoms with E-state index in [2.05, 4.69) is 14.8 Å². The van der Waals surface area contributed by atoms with Gasteiger partial charge in [0.15, 0.2) is 11.6 Å². The lowest BCUT2D eigenvalue weighted by Gasteiger charge is -2.31. The van der Waals surface area contributed by atoms with Crippen LogP contribution in [0.1, 0.15) is 61.7 Å². The number of rotatable bonds is 2. The van der Waals surface area contributed by atoms with Crippen LogP contribution in [0.15, 0.2) is 30.3 Å². The molecule has 8 heteroatoms. The maximum atomic E-state index is 13.0. The minimum absolute atomic E-state index is 0.0247. The first-order chi connectivity index (χ1) is 13.8. The highest BCUT2D eigenvalue weighted by Gasteiger charge is 2.36. The molecule has 1 aromatic carbocycles. The number of hydrogen-bond donors (Lipinski definition) is 0. The maximum Gasteiger partial charge on any atom is 0.410 e. The van der Waals surface area contributed by atoms with Crippen LogP contribution in [0, 0.1) is 0 Å². The Labute approximate surface area is 170 Å². The number of hydrogen-bond acceptors (Lipinski definition) is 5. The summed E-state index contributed by atoms with van der Waals surface area (Å²) in [6.45, 7) is 7.77. The molecule has 2 amide bonds. The summed E-state index contributed by atoms with van der Waals surface area (Å²) in [6, 6.07) is 9.26. The smallest absolute Gasteiger partial charge is 0.410 e. The zero-order chi connectivity index (χ0) is 20.6. The third kappa shape index (κ3) is 3.97. The van der Waals surface area contributed by atoms with Crippen LogP contribution in [0.2, 0.25) is 0 Å². The third-order valence-corrected chi connectivity index (χ3v) is 5.27. The Bertz CT molecular complexity index is 903. The summed E-state index contributed by atoms with van der Waals surface area (Å²) in [5.74, 6) is 1.57. The van der Waals surface area contributed by atoms with Crippen molar-refractivity contribution < 1.29 is 14.3 Å². The van der Waals surface area contributed by atoms with E-state index >= 15 is 0 Å². The first-order valence-electron chi connectivity index (χ1n) is 10.1. The molecule has 0 bridgehead atoms. The van der Waals surface area contributed by atoms with Crippen molar-refractivity contribution >= 4 is 12.0 Å². The number of benzene rings is 1. The molecule has 2 aromatic rings. The molecule has 29 heavy (non-hydrogen) atoms. The largest absolute Gasteiger partial charge is 0.444 e. The number of carbonyl (C=O) groups excluding carboxylic acids is 2. The number of ether oxygens (including phenoxy) is 1. The lowest BCUT2D eigenvalue weighted by Crippen LogP contribution is -2.42. The summed E-state index contributed by atoms with van der Waals surface area (Å²) in [4.78, 5) is 28.9. The molecule has 1 atom stereocenters. The summed E-state index contributed by atoms with van der Waals surface area (Å²) in [5, 5.41) is 8.74. The van der Waals surface area contributed by atoms with E-state index in [1.54, 1.807) is 4.90 Å². The van der Waals surface area contributed by atoms with Gasteiger partial charge in [0.2, 0.25) is 0 Å². The SMILES string of the molecule is CC(C)(C)OC(=O)N1CCn2c(nnc2[C@H]2CCCN2C(=O)c2ccccc2)C1. The Hall–Kier alpha value is -2.90. The number of amides is 2. The van der Waals surface area contributed by atoms with Crippen LogP contribution in [0.25, 0.3) is 0 Å². The Morgan fingerprint density at radius 2 is 1.83 bits per heavy atom. The predicted molar refractivity (Wildman–Crippen MR) is 106 cm³/mol. The van der Waals surface area contributed by atoms with Crippen LogP contribution in [-0.4, -0.2) is 55.3 Å². The van der Waals surface area contributed by atoms with Crippen LogP contribution in [0.4, 0.5) is 4.79 Å². The van der Waals surface area contributed by atoms with E-state index in [0.29, 0.717) is 31.7 Å². The van der Waals surface area contributed by atoms with E-state index in [0.717, 1.165) is 24.5 Å². The van der Waals surface area contributed by atoms with Gasteiger partial charge >= 0.3 is 6.09 Å². The first kappa shape index (κ1) is 19.4. The van der Waals surface area contributed by atoms with Crippen molar-refractivity contribution in [3.63, 3.8) is 0 Å². The van der Waals surface area contributed by atoms with Gasteiger partial charge in [0.25, 0.3) is 5.91 Å². The molecule has 4 rings (SSSR count). The lowest BCUT2D eigenvalue weighted by molar-refractivity contribution is 0.0193. The molecular formula is C21H27N5O3. The van der Waals surface area contributed by atoms with E-state index in [1.165, 1.54) is 0 Å². The molecule has 1 saturated heterocycles. The van der Waals surface area contributed by atoms with Crippen molar-refractivity contribution in [3.05, 3.63) is 47.5 Å². The molecule has 2 aliphatic rings. The topological polar surface area (TPSA) is 80.6 Å². The summed E-state index contributed by atoms with van der Waals surface area (Å²) in [7, 11) is 0. The summed E-state index contributed by atoms with van der Waals surface area (Å²) in [6.07, 6.45) is 1.47. The van der Waals surface area contributed by atoms with Crippen molar-refractivity contribution in [3.8, 4) is 0 Å². The number of likely N-dealkylation sites (tertiary alicyclic amines) is 1. The van der Waals surface area contributed by atoms with Crippen LogP contribution in [-0.2, 0) is 17.8 Å². The lowest BCUT2D eigenvalue weighted by atomic mass is 10.1. The summed E-state index contributed by atoms with van der Waals surface area (Å²) < 4.78 is 7.53. The zero-order valence-electron chi connectivity index (χ0n) is 17.2. The van der Waals surface area contributed by atoms with Gasteiger partial charge in [-0.1, -0.05) is 18.2 Å². The second kappa shape index (κ2) is 7.50. The zero-order valence-corrected chi connectivity index (χ0v) is 17.2. The van der Waals surface area contributed by atoms with Gasteiger partial charge in [0.05, 0.1) is 12.6 Å². The van der Waals surface area contributed by atoms with E-state index in [-0.39, 0.29) is 18.0 Å². The minimum atomic E-state index is -0.532. The van der Waals surface area contributed by atoms with Crippen LogP contribution in [0.3, 0.4) is 0 Å². The van der Waals surface area contributed by atoms with Gasteiger partial charge in [-0.05, 0) is 45.7 Å². The highest BCUT2D eigenvalue weighted by atomic mass is 16.6. The second-order valence-corrected chi connectivity index (χ2v) is 8.55. The van der Waals surface area contributed by atoms with Gasteiger partial charge in [0, 0.05) is 25.2 Å². The second-order valence-electron chi connectivity index (χ2n) is 8.55. The molecule has 3 heterocycles. The Balaban J connectivity index is 1.52. The normalized spacial score (nSPS) is 19.2. The monoisotopic (exact) mass is 397 g/mol. The molecule has 0 saturated carbocycles. The number of aromatic nitrogens is 3. The maximum absolute atomic E-state index is 13.0. The molecule has 0 aliphatic carbocycles. The van der Waals surface area contributed by atoms with E-state index in [1.807, 2.05) is 56.0 Å². The van der Waals surface area contributed by atoms with Gasteiger partial charge in [-0.2, -0.15) is 0 Å². The Kier molecular flexibility index (Phi) is 5.02. The number of carbonyl (C=O) groups is 2. The molecule has 154 valence electrons. The highest BCUT2D eigenvalue weighted by Crippen LogP contribution is 2.33. The van der Waals surface area contributed by atoms with Gasteiger partial charge in [-0.15, -0.1) is 10.2 Å². The van der Waals surface area contributed by atoms with Crippen molar-refractivity contribution in [2.45, 2.75) is 58.3 Å². The molecule has 0 unspecified atom stereocenters. The van der Waals surface area contributed by atoms with Crippen LogP contribution < -0.4 is 0 Å². The van der Waals surface area contributed by atoms with E-state index < -0.39 is 5.60 Å². The average molecular weight is 397 g/mol. The molecule has 1 aromatic heterocycles. The molecule has 8 nitrogen and oxygen atoms in total. The van der Waals surface area contributed by atoms with Gasteiger partial charge < -0.3 is 14.2 Å². The van der Waals surface area contributed by atoms with Crippen molar-refractivity contribution in [1.82, 2.24) is 24.6 Å². The van der Waals surface area contributed by atoms with Crippen LogP contribution >= 0.6 is 0 Å². The fourth-order valence-electron chi connectivity index (χ4n) is 3.93. The Morgan fingerprint density at radius 3 is 2.55 bits per heavy atom. The summed E-state index contributed by atoms with van der Waals surface area (Å²) in [5.41, 5.74) is 0.157. The molecule has 0 spiro atoms. The Morgan fingerprint density at radius 1 is 1.07 bits per heavy atom. The predicted octanol–water partition coefficient (Wildman–Crippen LogP) is 3.01. The standard InChI is InChI=1S/C21H27N5O3/c1-21(2,3)29-20(28)24-12-13-26-17(14-24)22-23-18(26)16-10-7-11-25(16)19(27)15-8-5-4-6-9-15/h4-6,8-9,16H,7,10-14H2,1-3H3/t16-/m1/s1. The van der Waals surface area contributed by atoms with Crippen molar-refractivity contribution in [2.24, 2.45) is 0 Å². The van der Waals surface area contributed by atoms with Crippen molar-refractivity contribution in [2.75, 3.05) is 13.1 Å². The van der Waals surface area contributed by atoms with Crippen LogP contribution in [0.5, 0.6) is 0 Å². The van der Waals surface area contributed by atoms with E-state index in [4.69, 9.17) is 4.74 Å². The molecule has 0 N–H and O–H groups in total. The van der Waals surface area contributed by atoms with Crippen molar-refractivity contribution in [1.29, 1.82) is 0 Å². The summed E-state index contributed by atoms with van der Waals surface area (Å²) >= 11 is 0. The minimum Gasteiger partial charge on any atom is -0.444 e.